The van der Waals surface area contributed by atoms with E-state index in [1.165, 1.54) is 6.08 Å². The molecule has 0 atom stereocenters. The number of carbonyl (C=O) groups excluding carboxylic acids is 1. The van der Waals surface area contributed by atoms with Gasteiger partial charge >= 0.3 is 5.97 Å². The zero-order valence-corrected chi connectivity index (χ0v) is 14.9. The van der Waals surface area contributed by atoms with Gasteiger partial charge in [0.1, 0.15) is 11.5 Å². The molecule has 0 radical (unpaired) electrons. The van der Waals surface area contributed by atoms with Crippen molar-refractivity contribution in [3.05, 3.63) is 66.1 Å². The largest absolute Gasteiger partial charge is 0.497 e. The number of aromatic nitrogens is 2. The van der Waals surface area contributed by atoms with Crippen LogP contribution in [0.4, 0.5) is 0 Å². The number of nitrogens with zero attached hydrogens (tertiary/aromatic N) is 2. The zero-order chi connectivity index (χ0) is 19.1. The highest BCUT2D eigenvalue weighted by Gasteiger charge is 2.11. The Hall–Kier alpha value is -3.61. The number of benzene rings is 2. The SMILES string of the molecule is COc1cccc(-c2noc(COC(=O)/C=C/c3ccccc3OC)n2)c1. The molecule has 7 heteroatoms. The Kier molecular flexibility index (Phi) is 5.84. The van der Waals surface area contributed by atoms with Gasteiger partial charge in [-0.1, -0.05) is 35.5 Å². The fourth-order valence-corrected chi connectivity index (χ4v) is 2.34. The first kappa shape index (κ1) is 18.2. The molecule has 138 valence electrons. The predicted molar refractivity (Wildman–Crippen MR) is 98.1 cm³/mol. The molecule has 0 aliphatic carbocycles. The van der Waals surface area contributed by atoms with Gasteiger partial charge in [-0.2, -0.15) is 4.98 Å². The summed E-state index contributed by atoms with van der Waals surface area (Å²) in [5, 5.41) is 3.89. The molecule has 0 amide bonds. The molecule has 1 heterocycles. The standard InChI is InChI=1S/C20H18N2O5/c1-24-16-8-5-7-15(12-16)20-21-18(27-22-20)13-26-19(23)11-10-14-6-3-4-9-17(14)25-2/h3-12H,13H2,1-2H3/b11-10+. The quantitative estimate of drug-likeness (QED) is 0.467. The molecule has 0 N–H and O–H groups in total. The summed E-state index contributed by atoms with van der Waals surface area (Å²) in [5.41, 5.74) is 1.52. The first-order valence-corrected chi connectivity index (χ1v) is 8.14. The van der Waals surface area contributed by atoms with Gasteiger partial charge in [0.2, 0.25) is 5.82 Å². The molecule has 1 aromatic heterocycles. The minimum absolute atomic E-state index is 0.119. The van der Waals surface area contributed by atoms with Crippen LogP contribution >= 0.6 is 0 Å². The van der Waals surface area contributed by atoms with Gasteiger partial charge in [0.15, 0.2) is 6.61 Å². The van der Waals surface area contributed by atoms with Crippen molar-refractivity contribution < 1.29 is 23.5 Å². The Morgan fingerprint density at radius 3 is 2.78 bits per heavy atom. The molecule has 0 fully saturated rings. The molecule has 2 aromatic carbocycles. The maximum absolute atomic E-state index is 11.9. The van der Waals surface area contributed by atoms with Crippen molar-refractivity contribution in [2.45, 2.75) is 6.61 Å². The molecular formula is C20H18N2O5. The Morgan fingerprint density at radius 2 is 1.96 bits per heavy atom. The number of methoxy groups -OCH3 is 2. The van der Waals surface area contributed by atoms with Gasteiger partial charge in [-0.05, 0) is 24.3 Å². The van der Waals surface area contributed by atoms with Crippen LogP contribution in [0.15, 0.2) is 59.1 Å². The van der Waals surface area contributed by atoms with Crippen molar-refractivity contribution >= 4 is 12.0 Å². The number of hydrogen-bond acceptors (Lipinski definition) is 7. The lowest BCUT2D eigenvalue weighted by atomic mass is 10.2. The van der Waals surface area contributed by atoms with Crippen molar-refractivity contribution in [3.8, 4) is 22.9 Å². The third kappa shape index (κ3) is 4.72. The van der Waals surface area contributed by atoms with E-state index in [0.29, 0.717) is 17.3 Å². The summed E-state index contributed by atoms with van der Waals surface area (Å²) in [7, 11) is 3.15. The second-order valence-electron chi connectivity index (χ2n) is 5.43. The number of para-hydroxylation sites is 1. The first-order valence-electron chi connectivity index (χ1n) is 8.14. The van der Waals surface area contributed by atoms with E-state index in [0.717, 1.165) is 11.1 Å². The van der Waals surface area contributed by atoms with Gasteiger partial charge in [0.05, 0.1) is 14.2 Å². The lowest BCUT2D eigenvalue weighted by Gasteiger charge is -2.03. The minimum atomic E-state index is -0.526. The van der Waals surface area contributed by atoms with Crippen LogP contribution in [0.3, 0.4) is 0 Å². The molecule has 0 saturated heterocycles. The Bertz CT molecular complexity index is 949. The molecule has 0 aliphatic rings. The van der Waals surface area contributed by atoms with Crippen LogP contribution in [0, 0.1) is 0 Å². The summed E-state index contributed by atoms with van der Waals surface area (Å²) in [4.78, 5) is 16.1. The van der Waals surface area contributed by atoms with E-state index in [1.807, 2.05) is 42.5 Å². The summed E-state index contributed by atoms with van der Waals surface area (Å²) in [5.74, 6) is 1.42. The van der Waals surface area contributed by atoms with Gasteiger partial charge in [-0.25, -0.2) is 4.79 Å². The monoisotopic (exact) mass is 366 g/mol. The van der Waals surface area contributed by atoms with Gasteiger partial charge in [0.25, 0.3) is 5.89 Å². The molecule has 0 unspecified atom stereocenters. The van der Waals surface area contributed by atoms with Crippen LogP contribution in [-0.4, -0.2) is 30.3 Å². The summed E-state index contributed by atoms with van der Waals surface area (Å²) in [6.45, 7) is -0.119. The molecule has 27 heavy (non-hydrogen) atoms. The van der Waals surface area contributed by atoms with Gasteiger partial charge < -0.3 is 18.7 Å². The smallest absolute Gasteiger partial charge is 0.331 e. The van der Waals surface area contributed by atoms with E-state index in [9.17, 15) is 4.79 Å². The molecule has 3 aromatic rings. The second kappa shape index (κ2) is 8.66. The highest BCUT2D eigenvalue weighted by molar-refractivity contribution is 5.87. The highest BCUT2D eigenvalue weighted by atomic mass is 16.6. The van der Waals surface area contributed by atoms with Crippen LogP contribution in [-0.2, 0) is 16.1 Å². The third-order valence-corrected chi connectivity index (χ3v) is 3.67. The first-order chi connectivity index (χ1) is 13.2. The molecule has 0 bridgehead atoms. The zero-order valence-electron chi connectivity index (χ0n) is 14.9. The maximum Gasteiger partial charge on any atom is 0.331 e. The van der Waals surface area contributed by atoms with Crippen LogP contribution in [0.2, 0.25) is 0 Å². The lowest BCUT2D eigenvalue weighted by Crippen LogP contribution is -2.01. The summed E-state index contributed by atoms with van der Waals surface area (Å²) in [6.07, 6.45) is 2.94. The summed E-state index contributed by atoms with van der Waals surface area (Å²) >= 11 is 0. The normalized spacial score (nSPS) is 10.7. The van der Waals surface area contributed by atoms with E-state index < -0.39 is 5.97 Å². The van der Waals surface area contributed by atoms with E-state index >= 15 is 0 Å². The predicted octanol–water partition coefficient (Wildman–Crippen LogP) is 3.51. The second-order valence-corrected chi connectivity index (χ2v) is 5.43. The topological polar surface area (TPSA) is 83.7 Å². The highest BCUT2D eigenvalue weighted by Crippen LogP contribution is 2.21. The van der Waals surface area contributed by atoms with E-state index in [-0.39, 0.29) is 12.5 Å². The van der Waals surface area contributed by atoms with E-state index in [1.54, 1.807) is 26.4 Å². The molecular weight excluding hydrogens is 348 g/mol. The molecule has 3 rings (SSSR count). The number of ether oxygens (including phenoxy) is 3. The average Bonchev–Trinajstić information content (AvgIpc) is 3.20. The number of hydrogen-bond donors (Lipinski definition) is 0. The van der Waals surface area contributed by atoms with Crippen LogP contribution in [0.5, 0.6) is 11.5 Å². The Labute approximate surface area is 156 Å². The van der Waals surface area contributed by atoms with Gasteiger partial charge in [0, 0.05) is 17.2 Å². The Balaban J connectivity index is 1.59. The summed E-state index contributed by atoms with van der Waals surface area (Å²) in [6, 6.07) is 14.6. The van der Waals surface area contributed by atoms with Crippen molar-refractivity contribution in [2.75, 3.05) is 14.2 Å². The molecule has 7 nitrogen and oxygen atoms in total. The molecule has 0 saturated carbocycles. The van der Waals surface area contributed by atoms with Gasteiger partial charge in [-0.15, -0.1) is 0 Å². The fourth-order valence-electron chi connectivity index (χ4n) is 2.34. The lowest BCUT2D eigenvalue weighted by molar-refractivity contribution is -0.139. The van der Waals surface area contributed by atoms with Crippen molar-refractivity contribution in [2.24, 2.45) is 0 Å². The maximum atomic E-state index is 11.9. The number of rotatable bonds is 7. The van der Waals surface area contributed by atoms with Crippen molar-refractivity contribution in [1.82, 2.24) is 10.1 Å². The van der Waals surface area contributed by atoms with Crippen LogP contribution in [0.25, 0.3) is 17.5 Å². The summed E-state index contributed by atoms with van der Waals surface area (Å²) < 4.78 is 20.6. The molecule has 0 spiro atoms. The van der Waals surface area contributed by atoms with E-state index in [2.05, 4.69) is 10.1 Å². The van der Waals surface area contributed by atoms with Crippen LogP contribution in [0.1, 0.15) is 11.5 Å². The fraction of sp³-hybridized carbons (Fsp3) is 0.150. The molecule has 0 aliphatic heterocycles. The van der Waals surface area contributed by atoms with Crippen LogP contribution < -0.4 is 9.47 Å². The Morgan fingerprint density at radius 1 is 1.11 bits per heavy atom. The van der Waals surface area contributed by atoms with Crippen molar-refractivity contribution in [3.63, 3.8) is 0 Å². The average molecular weight is 366 g/mol. The minimum Gasteiger partial charge on any atom is -0.497 e. The number of carbonyl (C=O) groups is 1. The van der Waals surface area contributed by atoms with Gasteiger partial charge in [-0.3, -0.25) is 0 Å². The number of esters is 1. The van der Waals surface area contributed by atoms with E-state index in [4.69, 9.17) is 18.7 Å². The van der Waals surface area contributed by atoms with Crippen molar-refractivity contribution in [1.29, 1.82) is 0 Å². The third-order valence-electron chi connectivity index (χ3n) is 3.67.